The largest absolute Gasteiger partial charge is 0.497 e. The van der Waals surface area contributed by atoms with E-state index in [9.17, 15) is 4.79 Å². The van der Waals surface area contributed by atoms with Crippen LogP contribution in [0.25, 0.3) is 0 Å². The third-order valence-electron chi connectivity index (χ3n) is 5.37. The zero-order valence-corrected chi connectivity index (χ0v) is 15.8. The normalized spacial score (nSPS) is 21.5. The Morgan fingerprint density at radius 3 is 2.69 bits per heavy atom. The molecule has 6 heteroatoms. The van der Waals surface area contributed by atoms with E-state index in [4.69, 9.17) is 14.2 Å². The number of hydrogen-bond donors (Lipinski definition) is 1. The van der Waals surface area contributed by atoms with E-state index in [0.717, 1.165) is 69.0 Å². The predicted molar refractivity (Wildman–Crippen MR) is 99.5 cm³/mol. The Bertz CT molecular complexity index is 593. The highest BCUT2D eigenvalue weighted by atomic mass is 16.5. The van der Waals surface area contributed by atoms with Gasteiger partial charge in [-0.3, -0.25) is 9.69 Å². The van der Waals surface area contributed by atoms with E-state index in [-0.39, 0.29) is 17.9 Å². The van der Waals surface area contributed by atoms with Crippen molar-refractivity contribution >= 4 is 5.91 Å². The molecular formula is C20H30N2O4. The summed E-state index contributed by atoms with van der Waals surface area (Å²) in [5.74, 6) is 1.94. The molecule has 26 heavy (non-hydrogen) atoms. The van der Waals surface area contributed by atoms with Gasteiger partial charge in [-0.1, -0.05) is 6.07 Å². The van der Waals surface area contributed by atoms with Gasteiger partial charge in [-0.05, 0) is 44.8 Å². The van der Waals surface area contributed by atoms with Crippen molar-refractivity contribution < 1.29 is 19.0 Å². The summed E-state index contributed by atoms with van der Waals surface area (Å²) in [6, 6.07) is 5.93. The van der Waals surface area contributed by atoms with Gasteiger partial charge in [0, 0.05) is 37.2 Å². The summed E-state index contributed by atoms with van der Waals surface area (Å²) in [6.07, 6.45) is 4.17. The zero-order valence-electron chi connectivity index (χ0n) is 15.8. The Balaban J connectivity index is 1.45. The van der Waals surface area contributed by atoms with E-state index < -0.39 is 0 Å². The summed E-state index contributed by atoms with van der Waals surface area (Å²) in [5, 5.41) is 3.07. The molecule has 2 heterocycles. The minimum absolute atomic E-state index is 0.116. The van der Waals surface area contributed by atoms with Crippen LogP contribution in [0.3, 0.4) is 0 Å². The Kier molecular flexibility index (Phi) is 6.74. The van der Waals surface area contributed by atoms with E-state index in [0.29, 0.717) is 6.54 Å². The number of rotatable bonds is 7. The van der Waals surface area contributed by atoms with E-state index >= 15 is 0 Å². The van der Waals surface area contributed by atoms with Gasteiger partial charge in [-0.2, -0.15) is 0 Å². The van der Waals surface area contributed by atoms with Gasteiger partial charge in [0.2, 0.25) is 5.91 Å². The van der Waals surface area contributed by atoms with Crippen molar-refractivity contribution in [2.45, 2.75) is 38.3 Å². The first-order valence-electron chi connectivity index (χ1n) is 9.52. The number of nitrogens with zero attached hydrogens (tertiary/aromatic N) is 1. The molecule has 3 rings (SSSR count). The molecule has 0 saturated carbocycles. The second kappa shape index (κ2) is 9.24. The monoisotopic (exact) mass is 362 g/mol. The van der Waals surface area contributed by atoms with Crippen LogP contribution in [0.4, 0.5) is 0 Å². The Morgan fingerprint density at radius 2 is 2.04 bits per heavy atom. The van der Waals surface area contributed by atoms with Crippen molar-refractivity contribution in [2.24, 2.45) is 5.92 Å². The molecule has 2 fully saturated rings. The second-order valence-corrected chi connectivity index (χ2v) is 7.11. The van der Waals surface area contributed by atoms with Crippen LogP contribution in [0.5, 0.6) is 11.5 Å². The van der Waals surface area contributed by atoms with Gasteiger partial charge in [-0.25, -0.2) is 0 Å². The molecule has 1 N–H and O–H groups in total. The molecule has 0 radical (unpaired) electrons. The summed E-state index contributed by atoms with van der Waals surface area (Å²) >= 11 is 0. The maximum Gasteiger partial charge on any atom is 0.223 e. The molecule has 6 nitrogen and oxygen atoms in total. The van der Waals surface area contributed by atoms with Crippen molar-refractivity contribution in [1.82, 2.24) is 10.2 Å². The van der Waals surface area contributed by atoms with Crippen molar-refractivity contribution in [1.29, 1.82) is 0 Å². The standard InChI is InChI=1S/C20H30N2O4/c1-24-17-6-5-16(19(12-17)25-2)14-22-9-7-15(8-10-22)20(23)21-13-18-4-3-11-26-18/h5-6,12,15,18H,3-4,7-11,13-14H2,1-2H3,(H,21,23). The summed E-state index contributed by atoms with van der Waals surface area (Å²) in [4.78, 5) is 14.8. The quantitative estimate of drug-likeness (QED) is 0.806. The van der Waals surface area contributed by atoms with Crippen LogP contribution in [-0.4, -0.2) is 57.4 Å². The molecular weight excluding hydrogens is 332 g/mol. The van der Waals surface area contributed by atoms with Crippen LogP contribution >= 0.6 is 0 Å². The van der Waals surface area contributed by atoms with Crippen LogP contribution < -0.4 is 14.8 Å². The summed E-state index contributed by atoms with van der Waals surface area (Å²) in [7, 11) is 3.34. The Hall–Kier alpha value is -1.79. The number of carbonyl (C=O) groups excluding carboxylic acids is 1. The molecule has 1 unspecified atom stereocenters. The molecule has 1 amide bonds. The molecule has 0 spiro atoms. The van der Waals surface area contributed by atoms with Crippen LogP contribution in [0.1, 0.15) is 31.2 Å². The van der Waals surface area contributed by atoms with Gasteiger partial charge in [-0.15, -0.1) is 0 Å². The summed E-state index contributed by atoms with van der Waals surface area (Å²) in [6.45, 7) is 4.16. The minimum atomic E-state index is 0.116. The topological polar surface area (TPSA) is 60.0 Å². The fraction of sp³-hybridized carbons (Fsp3) is 0.650. The Labute approximate surface area is 155 Å². The number of amides is 1. The lowest BCUT2D eigenvalue weighted by Gasteiger charge is -2.31. The molecule has 2 aliphatic heterocycles. The van der Waals surface area contributed by atoms with Crippen LogP contribution in [0.15, 0.2) is 18.2 Å². The van der Waals surface area contributed by atoms with E-state index in [2.05, 4.69) is 16.3 Å². The molecule has 2 aliphatic rings. The summed E-state index contributed by atoms with van der Waals surface area (Å²) < 4.78 is 16.3. The number of likely N-dealkylation sites (tertiary alicyclic amines) is 1. The zero-order chi connectivity index (χ0) is 18.4. The number of nitrogens with one attached hydrogen (secondary N) is 1. The molecule has 1 aromatic carbocycles. The third-order valence-corrected chi connectivity index (χ3v) is 5.37. The molecule has 144 valence electrons. The third kappa shape index (κ3) is 4.89. The maximum absolute atomic E-state index is 12.4. The number of hydrogen-bond acceptors (Lipinski definition) is 5. The SMILES string of the molecule is COc1ccc(CN2CCC(C(=O)NCC3CCCO3)CC2)c(OC)c1. The highest BCUT2D eigenvalue weighted by Gasteiger charge is 2.26. The lowest BCUT2D eigenvalue weighted by atomic mass is 9.95. The predicted octanol–water partition coefficient (Wildman–Crippen LogP) is 2.21. The van der Waals surface area contributed by atoms with Gasteiger partial charge in [0.15, 0.2) is 0 Å². The number of methoxy groups -OCH3 is 2. The van der Waals surface area contributed by atoms with Gasteiger partial charge in [0.05, 0.1) is 20.3 Å². The number of ether oxygens (including phenoxy) is 3. The number of piperidine rings is 1. The average molecular weight is 362 g/mol. The Morgan fingerprint density at radius 1 is 1.23 bits per heavy atom. The van der Waals surface area contributed by atoms with Crippen molar-refractivity contribution in [3.8, 4) is 11.5 Å². The van der Waals surface area contributed by atoms with Gasteiger partial charge in [0.25, 0.3) is 0 Å². The number of benzene rings is 1. The van der Waals surface area contributed by atoms with Gasteiger partial charge in [0.1, 0.15) is 11.5 Å². The van der Waals surface area contributed by atoms with E-state index in [1.165, 1.54) is 0 Å². The van der Waals surface area contributed by atoms with Gasteiger partial charge >= 0.3 is 0 Å². The van der Waals surface area contributed by atoms with E-state index in [1.54, 1.807) is 14.2 Å². The molecule has 0 bridgehead atoms. The second-order valence-electron chi connectivity index (χ2n) is 7.11. The fourth-order valence-electron chi connectivity index (χ4n) is 3.74. The average Bonchev–Trinajstić information content (AvgIpc) is 3.20. The molecule has 1 atom stereocenters. The van der Waals surface area contributed by atoms with Crippen molar-refractivity contribution in [3.05, 3.63) is 23.8 Å². The lowest BCUT2D eigenvalue weighted by molar-refractivity contribution is -0.127. The van der Waals surface area contributed by atoms with E-state index in [1.807, 2.05) is 12.1 Å². The van der Waals surface area contributed by atoms with Gasteiger partial charge < -0.3 is 19.5 Å². The van der Waals surface area contributed by atoms with Crippen LogP contribution in [0, 0.1) is 5.92 Å². The molecule has 0 aromatic heterocycles. The molecule has 2 saturated heterocycles. The highest BCUT2D eigenvalue weighted by Crippen LogP contribution is 2.27. The smallest absolute Gasteiger partial charge is 0.223 e. The molecule has 1 aromatic rings. The first-order chi connectivity index (χ1) is 12.7. The first-order valence-corrected chi connectivity index (χ1v) is 9.52. The summed E-state index contributed by atoms with van der Waals surface area (Å²) in [5.41, 5.74) is 1.15. The molecule has 0 aliphatic carbocycles. The highest BCUT2D eigenvalue weighted by molar-refractivity contribution is 5.78. The number of carbonyl (C=O) groups is 1. The minimum Gasteiger partial charge on any atom is -0.497 e. The maximum atomic E-state index is 12.4. The lowest BCUT2D eigenvalue weighted by Crippen LogP contribution is -2.42. The van der Waals surface area contributed by atoms with Crippen LogP contribution in [-0.2, 0) is 16.1 Å². The fourth-order valence-corrected chi connectivity index (χ4v) is 3.74. The van der Waals surface area contributed by atoms with Crippen molar-refractivity contribution in [2.75, 3.05) is 40.5 Å². The van der Waals surface area contributed by atoms with Crippen LogP contribution in [0.2, 0.25) is 0 Å². The van der Waals surface area contributed by atoms with Crippen molar-refractivity contribution in [3.63, 3.8) is 0 Å². The first kappa shape index (κ1) is 19.0.